The van der Waals surface area contributed by atoms with Crippen LogP contribution in [-0.4, -0.2) is 61.3 Å². The van der Waals surface area contributed by atoms with Gasteiger partial charge in [-0.05, 0) is 25.2 Å². The summed E-state index contributed by atoms with van der Waals surface area (Å²) in [6.07, 6.45) is 0.535. The third-order valence-corrected chi connectivity index (χ3v) is 4.21. The van der Waals surface area contributed by atoms with Gasteiger partial charge in [0, 0.05) is 38.8 Å². The molecule has 0 aromatic rings. The van der Waals surface area contributed by atoms with Gasteiger partial charge in [0.15, 0.2) is 0 Å². The second kappa shape index (κ2) is 6.41. The van der Waals surface area contributed by atoms with Gasteiger partial charge in [0.25, 0.3) is 0 Å². The maximum absolute atomic E-state index is 12.3. The minimum atomic E-state index is -4.07. The zero-order valence-corrected chi connectivity index (χ0v) is 11.3. The van der Waals surface area contributed by atoms with E-state index >= 15 is 0 Å². The molecular weight excluding hydrogens is 255 g/mol. The number of rotatable bonds is 3. The summed E-state index contributed by atoms with van der Waals surface area (Å²) in [5, 5.41) is 0. The molecule has 2 atom stereocenters. The van der Waals surface area contributed by atoms with Crippen LogP contribution >= 0.6 is 0 Å². The SMILES string of the molecule is NC1CCCC(CN2CCN(CC(F)(F)F)CC2)C1. The van der Waals surface area contributed by atoms with Crippen molar-refractivity contribution in [3.8, 4) is 0 Å². The van der Waals surface area contributed by atoms with Crippen LogP contribution in [0.3, 0.4) is 0 Å². The quantitative estimate of drug-likeness (QED) is 0.853. The third kappa shape index (κ3) is 5.28. The molecule has 19 heavy (non-hydrogen) atoms. The molecule has 2 N–H and O–H groups in total. The van der Waals surface area contributed by atoms with Crippen LogP contribution in [0.2, 0.25) is 0 Å². The van der Waals surface area contributed by atoms with Crippen LogP contribution in [0.25, 0.3) is 0 Å². The monoisotopic (exact) mass is 279 g/mol. The molecule has 0 bridgehead atoms. The van der Waals surface area contributed by atoms with Crippen LogP contribution in [0, 0.1) is 5.92 Å². The van der Waals surface area contributed by atoms with Crippen LogP contribution in [0.15, 0.2) is 0 Å². The lowest BCUT2D eigenvalue weighted by Crippen LogP contribution is -2.50. The molecule has 2 unspecified atom stereocenters. The Bertz CT molecular complexity index is 275. The van der Waals surface area contributed by atoms with Crippen LogP contribution in [0.1, 0.15) is 25.7 Å². The Morgan fingerprint density at radius 3 is 2.21 bits per heavy atom. The zero-order valence-electron chi connectivity index (χ0n) is 11.3. The fourth-order valence-corrected chi connectivity index (χ4v) is 3.25. The standard InChI is InChI=1S/C13H24F3N3/c14-13(15,16)10-19-6-4-18(5-7-19)9-11-2-1-3-12(17)8-11/h11-12H,1-10,17H2. The van der Waals surface area contributed by atoms with E-state index in [2.05, 4.69) is 4.90 Å². The van der Waals surface area contributed by atoms with Gasteiger partial charge in [-0.1, -0.05) is 6.42 Å². The molecule has 3 nitrogen and oxygen atoms in total. The van der Waals surface area contributed by atoms with Gasteiger partial charge in [0.1, 0.15) is 0 Å². The minimum absolute atomic E-state index is 0.324. The first-order valence-electron chi connectivity index (χ1n) is 7.19. The molecule has 2 aliphatic rings. The van der Waals surface area contributed by atoms with Crippen LogP contribution < -0.4 is 5.73 Å². The molecule has 1 saturated carbocycles. The lowest BCUT2D eigenvalue weighted by molar-refractivity contribution is -0.149. The summed E-state index contributed by atoms with van der Waals surface area (Å²) in [7, 11) is 0. The van der Waals surface area contributed by atoms with Crippen molar-refractivity contribution in [1.29, 1.82) is 0 Å². The van der Waals surface area contributed by atoms with E-state index in [4.69, 9.17) is 5.73 Å². The van der Waals surface area contributed by atoms with Crippen molar-refractivity contribution < 1.29 is 13.2 Å². The average Bonchev–Trinajstić information content (AvgIpc) is 2.30. The molecule has 2 rings (SSSR count). The fourth-order valence-electron chi connectivity index (χ4n) is 3.25. The Balaban J connectivity index is 1.68. The number of alkyl halides is 3. The van der Waals surface area contributed by atoms with Crippen molar-refractivity contribution in [3.05, 3.63) is 0 Å². The summed E-state index contributed by atoms with van der Waals surface area (Å²) in [6.45, 7) is 2.79. The number of piperazine rings is 1. The summed E-state index contributed by atoms with van der Waals surface area (Å²) in [4.78, 5) is 3.80. The highest BCUT2D eigenvalue weighted by Gasteiger charge is 2.32. The van der Waals surface area contributed by atoms with Gasteiger partial charge >= 0.3 is 6.18 Å². The highest BCUT2D eigenvalue weighted by atomic mass is 19.4. The van der Waals surface area contributed by atoms with Crippen molar-refractivity contribution in [2.75, 3.05) is 39.3 Å². The maximum Gasteiger partial charge on any atom is 0.401 e. The van der Waals surface area contributed by atoms with E-state index in [9.17, 15) is 13.2 Å². The van der Waals surface area contributed by atoms with Crippen molar-refractivity contribution in [3.63, 3.8) is 0 Å². The van der Waals surface area contributed by atoms with E-state index in [-0.39, 0.29) is 0 Å². The van der Waals surface area contributed by atoms with E-state index in [1.54, 1.807) is 0 Å². The molecule has 0 aromatic heterocycles. The second-order valence-corrected chi connectivity index (χ2v) is 5.98. The first kappa shape index (κ1) is 15.1. The van der Waals surface area contributed by atoms with Gasteiger partial charge in [-0.3, -0.25) is 4.90 Å². The molecule has 1 aliphatic heterocycles. The highest BCUT2D eigenvalue weighted by molar-refractivity contribution is 4.80. The van der Waals surface area contributed by atoms with Gasteiger partial charge in [-0.25, -0.2) is 0 Å². The van der Waals surface area contributed by atoms with Crippen molar-refractivity contribution in [2.45, 2.75) is 37.9 Å². The Morgan fingerprint density at radius 1 is 1.00 bits per heavy atom. The van der Waals surface area contributed by atoms with Crippen molar-refractivity contribution in [2.24, 2.45) is 11.7 Å². The molecule has 0 radical (unpaired) electrons. The van der Waals surface area contributed by atoms with E-state index in [0.29, 0.717) is 25.0 Å². The average molecular weight is 279 g/mol. The predicted molar refractivity (Wildman–Crippen MR) is 68.9 cm³/mol. The Hall–Kier alpha value is -0.330. The molecule has 0 aromatic carbocycles. The van der Waals surface area contributed by atoms with Gasteiger partial charge in [0.2, 0.25) is 0 Å². The molecule has 0 amide bonds. The molecule has 2 fully saturated rings. The summed E-state index contributed by atoms with van der Waals surface area (Å²) in [5.74, 6) is 0.637. The van der Waals surface area contributed by atoms with Crippen LogP contribution in [-0.2, 0) is 0 Å². The van der Waals surface area contributed by atoms with Crippen LogP contribution in [0.5, 0.6) is 0 Å². The van der Waals surface area contributed by atoms with Crippen LogP contribution in [0.4, 0.5) is 13.2 Å². The first-order chi connectivity index (χ1) is 8.92. The molecular formula is C13H24F3N3. The first-order valence-corrected chi connectivity index (χ1v) is 7.19. The molecule has 0 spiro atoms. The zero-order chi connectivity index (χ0) is 13.9. The number of halogens is 3. The van der Waals surface area contributed by atoms with Gasteiger partial charge in [0.05, 0.1) is 6.54 Å². The molecule has 6 heteroatoms. The predicted octanol–water partition coefficient (Wildman–Crippen LogP) is 1.68. The van der Waals surface area contributed by atoms with E-state index in [1.165, 1.54) is 17.7 Å². The molecule has 1 saturated heterocycles. The van der Waals surface area contributed by atoms with Gasteiger partial charge in [-0.15, -0.1) is 0 Å². The van der Waals surface area contributed by atoms with E-state index < -0.39 is 12.7 Å². The Morgan fingerprint density at radius 2 is 1.63 bits per heavy atom. The fraction of sp³-hybridized carbons (Fsp3) is 1.00. The summed E-state index contributed by atoms with van der Waals surface area (Å²) >= 11 is 0. The third-order valence-electron chi connectivity index (χ3n) is 4.21. The number of hydrogen-bond donors (Lipinski definition) is 1. The number of hydrogen-bond acceptors (Lipinski definition) is 3. The van der Waals surface area contributed by atoms with E-state index in [0.717, 1.165) is 32.5 Å². The largest absolute Gasteiger partial charge is 0.401 e. The number of nitrogens with zero attached hydrogens (tertiary/aromatic N) is 2. The molecule has 1 heterocycles. The number of nitrogens with two attached hydrogens (primary N) is 1. The van der Waals surface area contributed by atoms with Gasteiger partial charge < -0.3 is 10.6 Å². The van der Waals surface area contributed by atoms with E-state index in [1.807, 2.05) is 0 Å². The van der Waals surface area contributed by atoms with Crippen molar-refractivity contribution in [1.82, 2.24) is 9.80 Å². The Kier molecular flexibility index (Phi) is 5.09. The maximum atomic E-state index is 12.3. The summed E-state index contributed by atoms with van der Waals surface area (Å²) in [6, 6.07) is 0.324. The van der Waals surface area contributed by atoms with Gasteiger partial charge in [-0.2, -0.15) is 13.2 Å². The smallest absolute Gasteiger partial charge is 0.328 e. The lowest BCUT2D eigenvalue weighted by Gasteiger charge is -2.38. The summed E-state index contributed by atoms with van der Waals surface area (Å²) < 4.78 is 36.9. The Labute approximate surface area is 112 Å². The minimum Gasteiger partial charge on any atom is -0.328 e. The topological polar surface area (TPSA) is 32.5 Å². The molecule has 1 aliphatic carbocycles. The normalized spacial score (nSPS) is 31.6. The summed E-state index contributed by atoms with van der Waals surface area (Å²) in [5.41, 5.74) is 5.97. The lowest BCUT2D eigenvalue weighted by atomic mass is 9.86. The molecule has 112 valence electrons. The highest BCUT2D eigenvalue weighted by Crippen LogP contribution is 2.24. The van der Waals surface area contributed by atoms with Crippen molar-refractivity contribution >= 4 is 0 Å². The second-order valence-electron chi connectivity index (χ2n) is 5.98.